The number of halogens is 2. The van der Waals surface area contributed by atoms with Gasteiger partial charge < -0.3 is 4.90 Å². The number of rotatable bonds is 1. The van der Waals surface area contributed by atoms with Crippen molar-refractivity contribution in [1.82, 2.24) is 9.80 Å². The van der Waals surface area contributed by atoms with Crippen LogP contribution < -0.4 is 0 Å². The van der Waals surface area contributed by atoms with Crippen LogP contribution in [0.3, 0.4) is 0 Å². The largest absolute Gasteiger partial charge is 0.329 e. The second-order valence-electron chi connectivity index (χ2n) is 8.69. The number of carbonyl (C=O) groups excluding carboxylic acids is 1. The van der Waals surface area contributed by atoms with Crippen LogP contribution in [0.5, 0.6) is 0 Å². The number of hydrogen-bond donors (Lipinski definition) is 0. The maximum absolute atomic E-state index is 13.0. The molecule has 2 heterocycles. The number of alkyl halides is 2. The molecular weight excluding hydrogens is 274 g/mol. The monoisotopic (exact) mass is 302 g/mol. The van der Waals surface area contributed by atoms with E-state index in [2.05, 4.69) is 46.4 Å². The zero-order chi connectivity index (χ0) is 16.2. The quantitative estimate of drug-likeness (QED) is 0.743. The van der Waals surface area contributed by atoms with Crippen LogP contribution in [0.15, 0.2) is 0 Å². The van der Waals surface area contributed by atoms with Gasteiger partial charge in [-0.2, -0.15) is 0 Å². The summed E-state index contributed by atoms with van der Waals surface area (Å²) in [5.74, 6) is -2.40. The molecule has 2 saturated heterocycles. The van der Waals surface area contributed by atoms with E-state index in [-0.39, 0.29) is 22.9 Å². The molecule has 1 amide bonds. The minimum atomic E-state index is -2.69. The van der Waals surface area contributed by atoms with Gasteiger partial charge in [0, 0.05) is 12.1 Å². The molecular formula is C16H28F2N2O. The summed E-state index contributed by atoms with van der Waals surface area (Å²) in [5.41, 5.74) is -0.00880. The number of hydrogen-bond acceptors (Lipinski definition) is 2. The normalized spacial score (nSPS) is 30.4. The average molecular weight is 302 g/mol. The summed E-state index contributed by atoms with van der Waals surface area (Å²) in [6.07, 6.45) is 0.766. The molecule has 0 N–H and O–H groups in total. The highest BCUT2D eigenvalue weighted by Crippen LogP contribution is 2.41. The Morgan fingerprint density at radius 3 is 2.00 bits per heavy atom. The van der Waals surface area contributed by atoms with Gasteiger partial charge in [0.2, 0.25) is 5.91 Å². The summed E-state index contributed by atoms with van der Waals surface area (Å²) in [7, 11) is 0. The highest BCUT2D eigenvalue weighted by Gasteiger charge is 2.52. The second-order valence-corrected chi connectivity index (χ2v) is 8.69. The molecule has 122 valence electrons. The van der Waals surface area contributed by atoms with Crippen LogP contribution in [0.2, 0.25) is 0 Å². The van der Waals surface area contributed by atoms with Crippen molar-refractivity contribution in [3.8, 4) is 0 Å². The van der Waals surface area contributed by atoms with E-state index in [1.807, 2.05) is 0 Å². The smallest absolute Gasteiger partial charge is 0.282 e. The van der Waals surface area contributed by atoms with E-state index in [4.69, 9.17) is 0 Å². The molecule has 0 aromatic carbocycles. The molecule has 2 fully saturated rings. The van der Waals surface area contributed by atoms with Crippen molar-refractivity contribution in [2.75, 3.05) is 19.6 Å². The highest BCUT2D eigenvalue weighted by molar-refractivity contribution is 5.83. The summed E-state index contributed by atoms with van der Waals surface area (Å²) < 4.78 is 26.1. The van der Waals surface area contributed by atoms with Crippen LogP contribution in [-0.2, 0) is 4.79 Å². The van der Waals surface area contributed by atoms with Gasteiger partial charge in [-0.25, -0.2) is 8.78 Å². The fraction of sp³-hybridized carbons (Fsp3) is 0.938. The zero-order valence-corrected chi connectivity index (χ0v) is 14.0. The van der Waals surface area contributed by atoms with Crippen LogP contribution in [0.4, 0.5) is 8.78 Å². The SMILES string of the molecule is CC(C)(C)C1C[C@@H](C(=O)N2CC(F)(F)C2)N(C(C)(C)C)C1. The van der Waals surface area contributed by atoms with Gasteiger partial charge in [-0.05, 0) is 38.5 Å². The average Bonchev–Trinajstić information content (AvgIpc) is 2.68. The molecule has 2 aliphatic heterocycles. The van der Waals surface area contributed by atoms with Crippen LogP contribution in [0, 0.1) is 11.3 Å². The Hall–Kier alpha value is -0.710. The molecule has 0 spiro atoms. The molecule has 2 aliphatic rings. The first-order chi connectivity index (χ1) is 9.31. The lowest BCUT2D eigenvalue weighted by Gasteiger charge is -2.43. The second kappa shape index (κ2) is 4.90. The minimum absolute atomic E-state index is 0.122. The summed E-state index contributed by atoms with van der Waals surface area (Å²) in [6.45, 7) is 12.8. The third kappa shape index (κ3) is 3.38. The van der Waals surface area contributed by atoms with Gasteiger partial charge in [-0.15, -0.1) is 0 Å². The molecule has 0 bridgehead atoms. The third-order valence-electron chi connectivity index (χ3n) is 4.83. The van der Waals surface area contributed by atoms with Crippen LogP contribution in [-0.4, -0.2) is 52.8 Å². The summed E-state index contributed by atoms with van der Waals surface area (Å²) in [4.78, 5) is 16.1. The van der Waals surface area contributed by atoms with E-state index < -0.39 is 19.0 Å². The van der Waals surface area contributed by atoms with Crippen molar-refractivity contribution in [1.29, 1.82) is 0 Å². The van der Waals surface area contributed by atoms with E-state index in [1.54, 1.807) is 0 Å². The van der Waals surface area contributed by atoms with Crippen LogP contribution >= 0.6 is 0 Å². The standard InChI is InChI=1S/C16H28F2N2O/c1-14(2,3)11-7-12(20(8-11)15(4,5)6)13(21)19-9-16(17,18)10-19/h11-12H,7-10H2,1-6H3/t11?,12-/m0/s1. The molecule has 2 rings (SSSR count). The molecule has 1 unspecified atom stereocenters. The fourth-order valence-corrected chi connectivity index (χ4v) is 3.32. The first kappa shape index (κ1) is 16.7. The van der Waals surface area contributed by atoms with Crippen molar-refractivity contribution in [2.45, 2.75) is 65.5 Å². The molecule has 0 saturated carbocycles. The number of likely N-dealkylation sites (tertiary alicyclic amines) is 2. The Morgan fingerprint density at radius 2 is 1.62 bits per heavy atom. The summed E-state index contributed by atoms with van der Waals surface area (Å²) >= 11 is 0. The number of carbonyl (C=O) groups is 1. The molecule has 2 atom stereocenters. The first-order valence-corrected chi connectivity index (χ1v) is 7.75. The maximum atomic E-state index is 13.0. The van der Waals surface area contributed by atoms with Crippen molar-refractivity contribution < 1.29 is 13.6 Å². The lowest BCUT2D eigenvalue weighted by atomic mass is 9.79. The lowest BCUT2D eigenvalue weighted by Crippen LogP contribution is -2.63. The van der Waals surface area contributed by atoms with Gasteiger partial charge in [-0.3, -0.25) is 9.69 Å². The Kier molecular flexibility index (Phi) is 3.89. The first-order valence-electron chi connectivity index (χ1n) is 7.75. The zero-order valence-electron chi connectivity index (χ0n) is 14.0. The summed E-state index contributed by atoms with van der Waals surface area (Å²) in [5, 5.41) is 0. The van der Waals surface area contributed by atoms with Crippen molar-refractivity contribution in [2.24, 2.45) is 11.3 Å². The van der Waals surface area contributed by atoms with Gasteiger partial charge in [0.25, 0.3) is 5.92 Å². The minimum Gasteiger partial charge on any atom is -0.329 e. The molecule has 5 heteroatoms. The predicted molar refractivity (Wildman–Crippen MR) is 79.3 cm³/mol. The predicted octanol–water partition coefficient (Wildman–Crippen LogP) is 3.00. The van der Waals surface area contributed by atoms with Crippen molar-refractivity contribution >= 4 is 5.91 Å². The van der Waals surface area contributed by atoms with E-state index in [0.29, 0.717) is 5.92 Å². The Balaban J connectivity index is 2.14. The molecule has 0 aliphatic carbocycles. The fourth-order valence-electron chi connectivity index (χ4n) is 3.32. The molecule has 0 aromatic rings. The summed E-state index contributed by atoms with van der Waals surface area (Å²) in [6, 6.07) is -0.259. The van der Waals surface area contributed by atoms with Gasteiger partial charge in [0.05, 0.1) is 19.1 Å². The Morgan fingerprint density at radius 1 is 1.10 bits per heavy atom. The van der Waals surface area contributed by atoms with Gasteiger partial charge in [0.15, 0.2) is 0 Å². The molecule has 0 radical (unpaired) electrons. The third-order valence-corrected chi connectivity index (χ3v) is 4.83. The van der Waals surface area contributed by atoms with Crippen LogP contribution in [0.25, 0.3) is 0 Å². The number of amides is 1. The Labute approximate surface area is 126 Å². The van der Waals surface area contributed by atoms with Gasteiger partial charge in [-0.1, -0.05) is 20.8 Å². The van der Waals surface area contributed by atoms with E-state index >= 15 is 0 Å². The maximum Gasteiger partial charge on any atom is 0.282 e. The van der Waals surface area contributed by atoms with Gasteiger partial charge >= 0.3 is 0 Å². The van der Waals surface area contributed by atoms with Crippen molar-refractivity contribution in [3.05, 3.63) is 0 Å². The topological polar surface area (TPSA) is 23.6 Å². The van der Waals surface area contributed by atoms with Gasteiger partial charge in [0.1, 0.15) is 0 Å². The number of nitrogens with zero attached hydrogens (tertiary/aromatic N) is 2. The highest BCUT2D eigenvalue weighted by atomic mass is 19.3. The van der Waals surface area contributed by atoms with E-state index in [9.17, 15) is 13.6 Å². The lowest BCUT2D eigenvalue weighted by molar-refractivity contribution is -0.171. The Bertz CT molecular complexity index is 415. The molecule has 3 nitrogen and oxygen atoms in total. The molecule has 0 aromatic heterocycles. The van der Waals surface area contributed by atoms with E-state index in [1.165, 1.54) is 4.90 Å². The van der Waals surface area contributed by atoms with Crippen LogP contribution in [0.1, 0.15) is 48.0 Å². The van der Waals surface area contributed by atoms with Crippen molar-refractivity contribution in [3.63, 3.8) is 0 Å². The van der Waals surface area contributed by atoms with E-state index in [0.717, 1.165) is 13.0 Å². The molecule has 21 heavy (non-hydrogen) atoms.